The topological polar surface area (TPSA) is 33.8 Å². The van der Waals surface area contributed by atoms with Crippen molar-refractivity contribution in [3.8, 4) is 5.75 Å². The highest BCUT2D eigenvalue weighted by atomic mass is 35.5. The van der Waals surface area contributed by atoms with E-state index < -0.39 is 6.10 Å². The number of rotatable bonds is 3. The lowest BCUT2D eigenvalue weighted by atomic mass is 10.1. The van der Waals surface area contributed by atoms with E-state index >= 15 is 0 Å². The Morgan fingerprint density at radius 1 is 1.64 bits per heavy atom. The van der Waals surface area contributed by atoms with Crippen molar-refractivity contribution in [2.45, 2.75) is 6.10 Å². The number of aliphatic hydroxyl groups is 1. The summed E-state index contributed by atoms with van der Waals surface area (Å²) in [5, 5.41) is 9.93. The van der Waals surface area contributed by atoms with Gasteiger partial charge in [-0.05, 0) is 17.7 Å². The Hall–Kier alpha value is -1.24. The van der Waals surface area contributed by atoms with Crippen LogP contribution in [0.4, 0.5) is 0 Å². The number of benzene rings is 1. The first-order chi connectivity index (χ1) is 6.69. The van der Waals surface area contributed by atoms with Crippen molar-refractivity contribution >= 4 is 11.6 Å². The smallest absolute Gasteiger partial charge is 0.244 e. The summed E-state index contributed by atoms with van der Waals surface area (Å²) in [6.45, 7) is 6.67. The molecule has 3 nitrogen and oxygen atoms in total. The molecule has 4 heteroatoms. The minimum absolute atomic E-state index is 0.0443. The third kappa shape index (κ3) is 2.38. The van der Waals surface area contributed by atoms with Gasteiger partial charge >= 0.3 is 0 Å². The van der Waals surface area contributed by atoms with E-state index in [1.54, 1.807) is 18.2 Å². The third-order valence-electron chi connectivity index (χ3n) is 1.82. The highest BCUT2D eigenvalue weighted by Gasteiger charge is 2.11. The normalized spacial score (nSPS) is 11.9. The number of ether oxygens (including phenoxy) is 1. The molecule has 0 saturated carbocycles. The van der Waals surface area contributed by atoms with Gasteiger partial charge < -0.3 is 14.7 Å². The minimum atomic E-state index is -0.782. The monoisotopic (exact) mass is 211 g/mol. The van der Waals surface area contributed by atoms with Crippen molar-refractivity contribution in [2.24, 2.45) is 0 Å². The molecule has 0 aliphatic heterocycles. The molecule has 1 aromatic carbocycles. The zero-order valence-corrected chi connectivity index (χ0v) is 8.45. The highest BCUT2D eigenvalue weighted by Crippen LogP contribution is 2.27. The molecule has 74 valence electrons. The Morgan fingerprint density at radius 3 is 2.86 bits per heavy atom. The zero-order chi connectivity index (χ0) is 10.6. The standard InChI is InChI=1S/C10H10ClNO2/c1-12-6-9(13)7-3-4-10(14-2)8(11)5-7/h3-5,9,13H,6H2,2H3. The van der Waals surface area contributed by atoms with E-state index in [1.165, 1.54) is 7.11 Å². The van der Waals surface area contributed by atoms with Crippen molar-refractivity contribution in [1.29, 1.82) is 0 Å². The second-order valence-corrected chi connectivity index (χ2v) is 3.16. The van der Waals surface area contributed by atoms with E-state index in [9.17, 15) is 5.11 Å². The van der Waals surface area contributed by atoms with Crippen LogP contribution in [0, 0.1) is 6.57 Å². The summed E-state index contributed by atoms with van der Waals surface area (Å²) in [4.78, 5) is 3.11. The van der Waals surface area contributed by atoms with Crippen LogP contribution < -0.4 is 4.74 Å². The van der Waals surface area contributed by atoms with Gasteiger partial charge in [-0.25, -0.2) is 6.57 Å². The van der Waals surface area contributed by atoms with Crippen LogP contribution in [-0.2, 0) is 0 Å². The molecule has 1 aromatic rings. The average molecular weight is 212 g/mol. The van der Waals surface area contributed by atoms with Crippen LogP contribution >= 0.6 is 11.6 Å². The summed E-state index contributed by atoms with van der Waals surface area (Å²) < 4.78 is 4.97. The summed E-state index contributed by atoms with van der Waals surface area (Å²) in [5.74, 6) is 0.561. The lowest BCUT2D eigenvalue weighted by molar-refractivity contribution is 0.195. The fraction of sp³-hybridized carbons (Fsp3) is 0.300. The predicted molar refractivity (Wildman–Crippen MR) is 54.4 cm³/mol. The van der Waals surface area contributed by atoms with Crippen molar-refractivity contribution < 1.29 is 9.84 Å². The molecule has 0 aromatic heterocycles. The number of hydrogen-bond donors (Lipinski definition) is 1. The van der Waals surface area contributed by atoms with Crippen LogP contribution in [-0.4, -0.2) is 18.8 Å². The van der Waals surface area contributed by atoms with E-state index in [-0.39, 0.29) is 6.54 Å². The van der Waals surface area contributed by atoms with Crippen LogP contribution in [0.3, 0.4) is 0 Å². The SMILES string of the molecule is [C-]#[N+]CC(O)c1ccc(OC)c(Cl)c1. The number of hydrogen-bond acceptors (Lipinski definition) is 2. The summed E-state index contributed by atoms with van der Waals surface area (Å²) in [6, 6.07) is 4.97. The lowest BCUT2D eigenvalue weighted by Crippen LogP contribution is -2.00. The molecule has 0 spiro atoms. The van der Waals surface area contributed by atoms with E-state index in [2.05, 4.69) is 4.85 Å². The Balaban J connectivity index is 2.92. The van der Waals surface area contributed by atoms with Crippen LogP contribution in [0.1, 0.15) is 11.7 Å². The van der Waals surface area contributed by atoms with Gasteiger partial charge in [0.15, 0.2) is 6.10 Å². The van der Waals surface area contributed by atoms with Gasteiger partial charge in [-0.2, -0.15) is 0 Å². The predicted octanol–water partition coefficient (Wildman–Crippen LogP) is 2.30. The van der Waals surface area contributed by atoms with Gasteiger partial charge in [0.05, 0.1) is 12.1 Å². The molecular formula is C10H10ClNO2. The van der Waals surface area contributed by atoms with Gasteiger partial charge in [0.25, 0.3) is 0 Å². The van der Waals surface area contributed by atoms with Gasteiger partial charge in [0.1, 0.15) is 5.75 Å². The number of aliphatic hydroxyl groups excluding tert-OH is 1. The van der Waals surface area contributed by atoms with E-state index in [0.717, 1.165) is 0 Å². The first-order valence-electron chi connectivity index (χ1n) is 4.03. The maximum absolute atomic E-state index is 9.50. The second-order valence-electron chi connectivity index (χ2n) is 2.75. The molecule has 1 rings (SSSR count). The second kappa shape index (κ2) is 4.85. The summed E-state index contributed by atoms with van der Waals surface area (Å²) in [5.41, 5.74) is 0.631. The van der Waals surface area contributed by atoms with Gasteiger partial charge in [0, 0.05) is 0 Å². The van der Waals surface area contributed by atoms with Gasteiger partial charge in [0.2, 0.25) is 6.54 Å². The Bertz CT molecular complexity index is 360. The van der Waals surface area contributed by atoms with E-state index in [1.807, 2.05) is 0 Å². The van der Waals surface area contributed by atoms with Crippen LogP contribution in [0.2, 0.25) is 5.02 Å². The molecule has 14 heavy (non-hydrogen) atoms. The quantitative estimate of drug-likeness (QED) is 0.779. The largest absolute Gasteiger partial charge is 0.495 e. The maximum Gasteiger partial charge on any atom is 0.244 e. The zero-order valence-electron chi connectivity index (χ0n) is 7.70. The Labute approximate surface area is 87.7 Å². The average Bonchev–Trinajstić information content (AvgIpc) is 2.18. The van der Waals surface area contributed by atoms with E-state index in [0.29, 0.717) is 16.3 Å². The number of halogens is 1. The van der Waals surface area contributed by atoms with E-state index in [4.69, 9.17) is 22.9 Å². The van der Waals surface area contributed by atoms with Gasteiger partial charge in [-0.15, -0.1) is 0 Å². The Kier molecular flexibility index (Phi) is 3.75. The Morgan fingerprint density at radius 2 is 2.36 bits per heavy atom. The van der Waals surface area contributed by atoms with Crippen molar-refractivity contribution in [2.75, 3.05) is 13.7 Å². The van der Waals surface area contributed by atoms with Crippen LogP contribution in [0.15, 0.2) is 18.2 Å². The first kappa shape index (κ1) is 10.8. The van der Waals surface area contributed by atoms with Crippen molar-refractivity contribution in [3.63, 3.8) is 0 Å². The molecule has 0 radical (unpaired) electrons. The van der Waals surface area contributed by atoms with Crippen molar-refractivity contribution in [1.82, 2.24) is 0 Å². The van der Waals surface area contributed by atoms with Crippen LogP contribution in [0.5, 0.6) is 5.75 Å². The third-order valence-corrected chi connectivity index (χ3v) is 2.12. The fourth-order valence-corrected chi connectivity index (χ4v) is 1.35. The lowest BCUT2D eigenvalue weighted by Gasteiger charge is -2.07. The van der Waals surface area contributed by atoms with Gasteiger partial charge in [-0.3, -0.25) is 0 Å². The maximum atomic E-state index is 9.50. The molecule has 1 unspecified atom stereocenters. The molecule has 1 atom stereocenters. The molecule has 0 saturated heterocycles. The van der Waals surface area contributed by atoms with Gasteiger partial charge in [-0.1, -0.05) is 17.7 Å². The highest BCUT2D eigenvalue weighted by molar-refractivity contribution is 6.32. The molecule has 0 bridgehead atoms. The number of methoxy groups -OCH3 is 1. The molecule has 0 fully saturated rings. The van der Waals surface area contributed by atoms with Crippen molar-refractivity contribution in [3.05, 3.63) is 40.2 Å². The molecule has 0 aliphatic rings. The molecule has 0 heterocycles. The fourth-order valence-electron chi connectivity index (χ4n) is 1.08. The summed E-state index contributed by atoms with van der Waals surface area (Å²) in [7, 11) is 1.52. The molecular weight excluding hydrogens is 202 g/mol. The first-order valence-corrected chi connectivity index (χ1v) is 4.41. The molecule has 0 amide bonds. The molecule has 0 aliphatic carbocycles. The minimum Gasteiger partial charge on any atom is -0.495 e. The number of nitrogens with zero attached hydrogens (tertiary/aromatic N) is 1. The summed E-state index contributed by atoms with van der Waals surface area (Å²) in [6.07, 6.45) is -0.782. The van der Waals surface area contributed by atoms with Crippen LogP contribution in [0.25, 0.3) is 4.85 Å². The summed E-state index contributed by atoms with van der Waals surface area (Å²) >= 11 is 5.86. The molecule has 1 N–H and O–H groups in total.